The van der Waals surface area contributed by atoms with Crippen molar-refractivity contribution >= 4 is 17.7 Å². The van der Waals surface area contributed by atoms with Gasteiger partial charge in [-0.2, -0.15) is 0 Å². The van der Waals surface area contributed by atoms with Gasteiger partial charge in [0, 0.05) is 5.25 Å². The SMILES string of the molecule is CC1C[C](C(=O)O)S1. The lowest BCUT2D eigenvalue weighted by atomic mass is 10.2. The van der Waals surface area contributed by atoms with E-state index in [-0.39, 0.29) is 0 Å². The molecule has 45 valence electrons. The number of carbonyl (C=O) groups is 1. The fourth-order valence-corrected chi connectivity index (χ4v) is 1.52. The van der Waals surface area contributed by atoms with Crippen molar-refractivity contribution in [2.75, 3.05) is 0 Å². The lowest BCUT2D eigenvalue weighted by Gasteiger charge is -2.26. The molecule has 0 aromatic heterocycles. The first kappa shape index (κ1) is 5.95. The van der Waals surface area contributed by atoms with Crippen molar-refractivity contribution in [2.45, 2.75) is 18.6 Å². The first-order valence-electron chi connectivity index (χ1n) is 2.46. The topological polar surface area (TPSA) is 37.3 Å². The van der Waals surface area contributed by atoms with E-state index in [0.29, 0.717) is 10.5 Å². The molecular weight excluding hydrogens is 124 g/mol. The zero-order valence-corrected chi connectivity index (χ0v) is 5.36. The Kier molecular flexibility index (Phi) is 1.47. The molecule has 0 aromatic carbocycles. The van der Waals surface area contributed by atoms with Gasteiger partial charge in [0.15, 0.2) is 0 Å². The molecule has 1 aliphatic heterocycles. The van der Waals surface area contributed by atoms with Gasteiger partial charge in [0.05, 0.1) is 0 Å². The Labute approximate surface area is 52.3 Å². The summed E-state index contributed by atoms with van der Waals surface area (Å²) in [6, 6.07) is 0. The van der Waals surface area contributed by atoms with Gasteiger partial charge in [-0.05, 0) is 6.42 Å². The molecule has 1 saturated heterocycles. The summed E-state index contributed by atoms with van der Waals surface area (Å²) >= 11 is 1.45. The summed E-state index contributed by atoms with van der Waals surface area (Å²) in [6.07, 6.45) is 0.764. The summed E-state index contributed by atoms with van der Waals surface area (Å²) in [7, 11) is 0. The van der Waals surface area contributed by atoms with E-state index in [1.54, 1.807) is 0 Å². The maximum atomic E-state index is 10.1. The molecule has 1 N–H and O–H groups in total. The first-order chi connectivity index (χ1) is 3.70. The third kappa shape index (κ3) is 0.968. The van der Waals surface area contributed by atoms with Crippen molar-refractivity contribution in [3.05, 3.63) is 5.25 Å². The minimum atomic E-state index is -0.742. The second-order valence-electron chi connectivity index (χ2n) is 1.86. The summed E-state index contributed by atoms with van der Waals surface area (Å²) in [5.41, 5.74) is 0. The van der Waals surface area contributed by atoms with Crippen LogP contribution in [0.15, 0.2) is 0 Å². The number of hydrogen-bond acceptors (Lipinski definition) is 2. The Balaban J connectivity index is 2.25. The largest absolute Gasteiger partial charge is 0.480 e. The molecular formula is C5H7O2S. The molecule has 0 aromatic rings. The molecule has 1 radical (unpaired) electrons. The summed E-state index contributed by atoms with van der Waals surface area (Å²) in [6.45, 7) is 2.02. The van der Waals surface area contributed by atoms with Crippen molar-refractivity contribution < 1.29 is 9.90 Å². The third-order valence-electron chi connectivity index (χ3n) is 1.05. The third-order valence-corrected chi connectivity index (χ3v) is 2.25. The van der Waals surface area contributed by atoms with E-state index in [2.05, 4.69) is 0 Å². The molecule has 3 heteroatoms. The van der Waals surface area contributed by atoms with Crippen molar-refractivity contribution in [1.29, 1.82) is 0 Å². The number of hydrogen-bond donors (Lipinski definition) is 1. The van der Waals surface area contributed by atoms with Crippen molar-refractivity contribution in [3.8, 4) is 0 Å². The van der Waals surface area contributed by atoms with Gasteiger partial charge >= 0.3 is 5.97 Å². The van der Waals surface area contributed by atoms with Crippen molar-refractivity contribution in [1.82, 2.24) is 0 Å². The second kappa shape index (κ2) is 1.97. The average Bonchev–Trinajstić information content (AvgIpc) is 1.57. The van der Waals surface area contributed by atoms with Gasteiger partial charge in [-0.15, -0.1) is 11.8 Å². The molecule has 2 nitrogen and oxygen atoms in total. The standard InChI is InChI=1S/C5H7O2S/c1-3-2-4(8-3)5(6)7/h3H,2H2,1H3,(H,6,7). The molecule has 1 atom stereocenters. The van der Waals surface area contributed by atoms with Gasteiger partial charge in [0.1, 0.15) is 5.25 Å². The van der Waals surface area contributed by atoms with E-state index in [1.165, 1.54) is 11.8 Å². The number of carboxylic acid groups (broad SMARTS) is 1. The van der Waals surface area contributed by atoms with Crippen LogP contribution in [-0.4, -0.2) is 16.3 Å². The average molecular weight is 131 g/mol. The Morgan fingerprint density at radius 2 is 2.50 bits per heavy atom. The predicted octanol–water partition coefficient (Wildman–Crippen LogP) is 1.13. The molecule has 1 aliphatic rings. The van der Waals surface area contributed by atoms with Crippen LogP contribution in [0.2, 0.25) is 0 Å². The molecule has 0 bridgehead atoms. The Morgan fingerprint density at radius 3 is 2.62 bits per heavy atom. The van der Waals surface area contributed by atoms with Gasteiger partial charge < -0.3 is 5.11 Å². The second-order valence-corrected chi connectivity index (χ2v) is 3.39. The van der Waals surface area contributed by atoms with Crippen LogP contribution in [0.4, 0.5) is 0 Å². The van der Waals surface area contributed by atoms with Crippen LogP contribution in [0.5, 0.6) is 0 Å². The fourth-order valence-electron chi connectivity index (χ4n) is 0.632. The number of carboxylic acids is 1. The van der Waals surface area contributed by atoms with Gasteiger partial charge in [-0.1, -0.05) is 6.92 Å². The summed E-state index contributed by atoms with van der Waals surface area (Å²) in [5, 5.41) is 9.43. The van der Waals surface area contributed by atoms with Gasteiger partial charge in [-0.3, -0.25) is 4.79 Å². The summed E-state index contributed by atoms with van der Waals surface area (Å²) < 4.78 is 0. The highest BCUT2D eigenvalue weighted by molar-refractivity contribution is 8.05. The van der Waals surface area contributed by atoms with Crippen LogP contribution in [0.25, 0.3) is 0 Å². The molecule has 0 aliphatic carbocycles. The number of aliphatic carboxylic acids is 1. The maximum absolute atomic E-state index is 10.1. The normalized spacial score (nSPS) is 29.4. The van der Waals surface area contributed by atoms with Crippen LogP contribution in [0, 0.1) is 5.25 Å². The number of rotatable bonds is 1. The molecule has 0 spiro atoms. The highest BCUT2D eigenvalue weighted by Crippen LogP contribution is 2.42. The lowest BCUT2D eigenvalue weighted by Crippen LogP contribution is -2.23. The lowest BCUT2D eigenvalue weighted by molar-refractivity contribution is -0.134. The van der Waals surface area contributed by atoms with Crippen molar-refractivity contribution in [2.24, 2.45) is 0 Å². The number of thioether (sulfide) groups is 1. The van der Waals surface area contributed by atoms with Crippen molar-refractivity contribution in [3.63, 3.8) is 0 Å². The molecule has 1 heterocycles. The van der Waals surface area contributed by atoms with Gasteiger partial charge in [0.2, 0.25) is 0 Å². The van der Waals surface area contributed by atoms with Crippen LogP contribution in [0.3, 0.4) is 0 Å². The Bertz CT molecular complexity index is 107. The van der Waals surface area contributed by atoms with Crippen LogP contribution < -0.4 is 0 Å². The monoisotopic (exact) mass is 131 g/mol. The minimum Gasteiger partial charge on any atom is -0.480 e. The molecule has 1 fully saturated rings. The highest BCUT2D eigenvalue weighted by atomic mass is 32.2. The van der Waals surface area contributed by atoms with E-state index in [1.807, 2.05) is 6.92 Å². The van der Waals surface area contributed by atoms with Crippen LogP contribution >= 0.6 is 11.8 Å². The zero-order chi connectivity index (χ0) is 6.15. The van der Waals surface area contributed by atoms with Crippen LogP contribution in [-0.2, 0) is 4.79 Å². The predicted molar refractivity (Wildman–Crippen MR) is 32.5 cm³/mol. The quantitative estimate of drug-likeness (QED) is 0.579. The van der Waals surface area contributed by atoms with E-state index in [0.717, 1.165) is 6.42 Å². The molecule has 1 rings (SSSR count). The molecule has 8 heavy (non-hydrogen) atoms. The van der Waals surface area contributed by atoms with E-state index in [4.69, 9.17) is 5.11 Å². The van der Waals surface area contributed by atoms with Gasteiger partial charge in [0.25, 0.3) is 0 Å². The minimum absolute atomic E-state index is 0.529. The smallest absolute Gasteiger partial charge is 0.321 e. The maximum Gasteiger partial charge on any atom is 0.321 e. The first-order valence-corrected chi connectivity index (χ1v) is 3.34. The van der Waals surface area contributed by atoms with E-state index < -0.39 is 5.97 Å². The molecule has 0 amide bonds. The van der Waals surface area contributed by atoms with E-state index >= 15 is 0 Å². The van der Waals surface area contributed by atoms with Crippen LogP contribution in [0.1, 0.15) is 13.3 Å². The zero-order valence-electron chi connectivity index (χ0n) is 4.55. The summed E-state index contributed by atoms with van der Waals surface area (Å²) in [5.74, 6) is -0.742. The fraction of sp³-hybridized carbons (Fsp3) is 0.600. The summed E-state index contributed by atoms with van der Waals surface area (Å²) in [4.78, 5) is 10.1. The molecule has 1 unspecified atom stereocenters. The van der Waals surface area contributed by atoms with E-state index in [9.17, 15) is 4.79 Å². The van der Waals surface area contributed by atoms with Gasteiger partial charge in [-0.25, -0.2) is 0 Å². The highest BCUT2D eigenvalue weighted by Gasteiger charge is 2.32. The molecule has 0 saturated carbocycles. The Morgan fingerprint density at radius 1 is 2.00 bits per heavy atom. The Hall–Kier alpha value is -0.180.